The van der Waals surface area contributed by atoms with Gasteiger partial charge in [0, 0.05) is 43.0 Å². The van der Waals surface area contributed by atoms with Crippen molar-refractivity contribution in [2.24, 2.45) is 11.0 Å². The lowest BCUT2D eigenvalue weighted by Crippen LogP contribution is -2.46. The summed E-state index contributed by atoms with van der Waals surface area (Å²) in [6.45, 7) is 6.07. The molecule has 3 heterocycles. The van der Waals surface area contributed by atoms with Gasteiger partial charge in [0.25, 0.3) is 5.91 Å². The van der Waals surface area contributed by atoms with Crippen LogP contribution in [0.15, 0.2) is 108 Å². The Morgan fingerprint density at radius 3 is 2.31 bits per heavy atom. The molecule has 3 aliphatic rings. The molecule has 12 heteroatoms. The molecular formula is C43H48N4O7Si. The van der Waals surface area contributed by atoms with Crippen LogP contribution in [0.25, 0.3) is 0 Å². The van der Waals surface area contributed by atoms with Gasteiger partial charge in [0.15, 0.2) is 13.9 Å². The van der Waals surface area contributed by atoms with E-state index in [4.69, 9.17) is 14.6 Å². The van der Waals surface area contributed by atoms with Gasteiger partial charge >= 0.3 is 0 Å². The Bertz CT molecular complexity index is 2070. The van der Waals surface area contributed by atoms with Crippen LogP contribution in [0, 0.1) is 5.92 Å². The molecule has 3 amide bonds. The molecule has 55 heavy (non-hydrogen) atoms. The number of anilines is 2. The summed E-state index contributed by atoms with van der Waals surface area (Å²) in [6.07, 6.45) is 0.114. The molecule has 0 aromatic heterocycles. The van der Waals surface area contributed by atoms with E-state index in [-0.39, 0.29) is 43.8 Å². The van der Waals surface area contributed by atoms with E-state index in [2.05, 4.69) is 0 Å². The Labute approximate surface area is 322 Å². The molecule has 1 fully saturated rings. The predicted molar refractivity (Wildman–Crippen MR) is 213 cm³/mol. The molecule has 4 aromatic rings. The maximum Gasteiger partial charge on any atom is 0.264 e. The number of rotatable bonds is 12. The summed E-state index contributed by atoms with van der Waals surface area (Å²) in [5.74, 6) is -0.508. The van der Waals surface area contributed by atoms with Gasteiger partial charge in [0.2, 0.25) is 11.8 Å². The van der Waals surface area contributed by atoms with Crippen LogP contribution in [-0.2, 0) is 37.8 Å². The Morgan fingerprint density at radius 1 is 0.964 bits per heavy atom. The quantitative estimate of drug-likeness (QED) is 0.170. The Hall–Kier alpha value is -5.14. The highest BCUT2D eigenvalue weighted by atomic mass is 28.4. The number of hydrazone groups is 1. The van der Waals surface area contributed by atoms with Crippen LogP contribution in [0.1, 0.15) is 48.4 Å². The summed E-state index contributed by atoms with van der Waals surface area (Å²) in [5, 5.41) is 16.0. The number of ether oxygens (including phenoxy) is 2. The van der Waals surface area contributed by atoms with Crippen molar-refractivity contribution in [1.82, 2.24) is 4.90 Å². The van der Waals surface area contributed by atoms with Crippen LogP contribution in [0.2, 0.25) is 18.6 Å². The molecule has 0 aliphatic carbocycles. The zero-order chi connectivity index (χ0) is 38.9. The largest absolute Gasteiger partial charge is 0.497 e. The van der Waals surface area contributed by atoms with E-state index in [0.29, 0.717) is 42.1 Å². The third kappa shape index (κ3) is 7.34. The van der Waals surface area contributed by atoms with Gasteiger partial charge in [-0.2, -0.15) is 5.10 Å². The SMILES string of the molecule is COc1ccc2c(c1)[C@]1(O[C@@H](CC(=O)N(CCO)Cc3ccccc3)[C@H]([Si](C)(C)O)[C@H]1C)C(=O)N2Cc1ccc(N2N=C(c3ccccc3)CCC2=O)cc1. The number of hydrogen-bond acceptors (Lipinski definition) is 8. The normalized spacial score (nSPS) is 22.2. The first-order chi connectivity index (χ1) is 26.4. The molecule has 11 nitrogen and oxygen atoms in total. The first-order valence-electron chi connectivity index (χ1n) is 18.8. The number of carbonyl (C=O) groups is 3. The van der Waals surface area contributed by atoms with Crippen LogP contribution in [0.5, 0.6) is 5.75 Å². The predicted octanol–water partition coefficient (Wildman–Crippen LogP) is 5.98. The number of methoxy groups -OCH3 is 1. The third-order valence-electron chi connectivity index (χ3n) is 11.2. The average Bonchev–Trinajstić information content (AvgIpc) is 3.61. The van der Waals surface area contributed by atoms with Crippen LogP contribution in [0.3, 0.4) is 0 Å². The topological polar surface area (TPSA) is 132 Å². The number of fused-ring (bicyclic) bond motifs is 2. The highest BCUT2D eigenvalue weighted by Crippen LogP contribution is 2.60. The molecule has 7 rings (SSSR count). The summed E-state index contributed by atoms with van der Waals surface area (Å²) in [4.78, 5) is 57.0. The lowest BCUT2D eigenvalue weighted by molar-refractivity contribution is -0.150. The van der Waals surface area contributed by atoms with Crippen molar-refractivity contribution >= 4 is 43.1 Å². The molecule has 3 aliphatic heterocycles. The second-order valence-electron chi connectivity index (χ2n) is 15.1. The summed E-state index contributed by atoms with van der Waals surface area (Å²) < 4.78 is 12.6. The van der Waals surface area contributed by atoms with Gasteiger partial charge in [-0.15, -0.1) is 0 Å². The number of aliphatic hydroxyl groups excluding tert-OH is 1. The van der Waals surface area contributed by atoms with Gasteiger partial charge in [0.1, 0.15) is 5.75 Å². The maximum atomic E-state index is 15.0. The highest BCUT2D eigenvalue weighted by Gasteiger charge is 2.66. The van der Waals surface area contributed by atoms with Gasteiger partial charge in [-0.3, -0.25) is 14.4 Å². The molecule has 2 N–H and O–H groups in total. The van der Waals surface area contributed by atoms with Crippen LogP contribution >= 0.6 is 0 Å². The average molecular weight is 761 g/mol. The van der Waals surface area contributed by atoms with Crippen molar-refractivity contribution in [3.8, 4) is 5.75 Å². The van der Waals surface area contributed by atoms with E-state index in [9.17, 15) is 19.5 Å². The molecule has 1 spiro atoms. The van der Waals surface area contributed by atoms with Crippen molar-refractivity contribution in [1.29, 1.82) is 0 Å². The zero-order valence-corrected chi connectivity index (χ0v) is 32.7. The number of amides is 3. The van der Waals surface area contributed by atoms with E-state index in [1.54, 1.807) is 16.9 Å². The first-order valence-corrected chi connectivity index (χ1v) is 21.8. The standard InChI is InChI=1S/C43H48N4O7Si/c1-29-41(55(3,4)52)38(26-40(50)45(23-24-48)27-30-11-7-5-8-12-30)54-43(29)35-25-34(53-2)19-21-37(35)46(42(43)51)28-31-15-17-33(18-16-31)47-39(49)22-20-36(44-47)32-13-9-6-10-14-32/h5-19,21,25,29,38,41,48,52H,20,22-24,26-28H2,1-4H3/t29-,38+,41-,43+/m1/s1. The minimum atomic E-state index is -3.05. The molecule has 0 unspecified atom stereocenters. The molecule has 0 radical (unpaired) electrons. The van der Waals surface area contributed by atoms with Crippen molar-refractivity contribution < 1.29 is 33.8 Å². The molecule has 4 aromatic carbocycles. The zero-order valence-electron chi connectivity index (χ0n) is 31.7. The molecule has 0 bridgehead atoms. The van der Waals surface area contributed by atoms with Gasteiger partial charge in [-0.1, -0.05) is 79.7 Å². The first kappa shape index (κ1) is 38.1. The monoisotopic (exact) mass is 760 g/mol. The smallest absolute Gasteiger partial charge is 0.264 e. The maximum absolute atomic E-state index is 15.0. The number of nitrogens with zero attached hydrogens (tertiary/aromatic N) is 4. The van der Waals surface area contributed by atoms with E-state index in [1.165, 1.54) is 5.01 Å². The minimum Gasteiger partial charge on any atom is -0.497 e. The number of benzene rings is 4. The molecule has 286 valence electrons. The van der Waals surface area contributed by atoms with Crippen molar-refractivity contribution in [3.05, 3.63) is 125 Å². The van der Waals surface area contributed by atoms with Crippen LogP contribution in [-0.4, -0.2) is 72.9 Å². The van der Waals surface area contributed by atoms with Gasteiger partial charge < -0.3 is 29.2 Å². The molecule has 1 saturated heterocycles. The van der Waals surface area contributed by atoms with E-state index >= 15 is 4.79 Å². The van der Waals surface area contributed by atoms with Crippen LogP contribution < -0.4 is 14.6 Å². The molecule has 0 saturated carbocycles. The van der Waals surface area contributed by atoms with Gasteiger partial charge in [-0.05, 0) is 60.1 Å². The van der Waals surface area contributed by atoms with Crippen molar-refractivity contribution in [2.45, 2.75) is 69.6 Å². The Kier molecular flexibility index (Phi) is 10.8. The Morgan fingerprint density at radius 2 is 1.65 bits per heavy atom. The lowest BCUT2D eigenvalue weighted by atomic mass is 9.82. The summed E-state index contributed by atoms with van der Waals surface area (Å²) >= 11 is 0. The summed E-state index contributed by atoms with van der Waals surface area (Å²) in [5.41, 5.74) is 3.59. The fourth-order valence-electron chi connectivity index (χ4n) is 8.58. The lowest BCUT2D eigenvalue weighted by Gasteiger charge is -2.32. The highest BCUT2D eigenvalue weighted by molar-refractivity contribution is 6.71. The number of carbonyl (C=O) groups excluding carboxylic acids is 3. The van der Waals surface area contributed by atoms with Gasteiger partial charge in [0.05, 0.1) is 49.9 Å². The third-order valence-corrected chi connectivity index (χ3v) is 13.7. The molecule has 4 atom stereocenters. The summed E-state index contributed by atoms with van der Waals surface area (Å²) in [6, 6.07) is 32.4. The second-order valence-corrected chi connectivity index (χ2v) is 19.1. The Balaban J connectivity index is 1.18. The van der Waals surface area contributed by atoms with Gasteiger partial charge in [-0.25, -0.2) is 5.01 Å². The van der Waals surface area contributed by atoms with E-state index < -0.39 is 31.5 Å². The van der Waals surface area contributed by atoms with E-state index in [1.807, 2.05) is 123 Å². The minimum absolute atomic E-state index is 0.0572. The number of hydrogen-bond donors (Lipinski definition) is 2. The van der Waals surface area contributed by atoms with Crippen molar-refractivity contribution in [2.75, 3.05) is 30.2 Å². The van der Waals surface area contributed by atoms with Crippen molar-refractivity contribution in [3.63, 3.8) is 0 Å². The second kappa shape index (κ2) is 15.5. The molecular weight excluding hydrogens is 713 g/mol. The van der Waals surface area contributed by atoms with Crippen LogP contribution in [0.4, 0.5) is 11.4 Å². The fourth-order valence-corrected chi connectivity index (χ4v) is 11.1. The fraction of sp³-hybridized carbons (Fsp3) is 0.349. The van der Waals surface area contributed by atoms with E-state index in [0.717, 1.165) is 22.4 Å². The number of aliphatic hydroxyl groups is 1. The summed E-state index contributed by atoms with van der Waals surface area (Å²) in [7, 11) is -1.48.